The van der Waals surface area contributed by atoms with Gasteiger partial charge in [-0.2, -0.15) is 0 Å². The third kappa shape index (κ3) is 4.66. The molecule has 3 N–H and O–H groups in total. The molecule has 1 aromatic rings. The molecule has 1 saturated heterocycles. The molecular weight excluding hydrogens is 285 g/mol. The van der Waals surface area contributed by atoms with Gasteiger partial charge in [0.05, 0.1) is 6.54 Å². The molecule has 1 heterocycles. The van der Waals surface area contributed by atoms with Crippen LogP contribution in [-0.2, 0) is 4.79 Å². The number of carbonyl (C=O) groups excluding carboxylic acids is 1. The van der Waals surface area contributed by atoms with Crippen molar-refractivity contribution in [1.82, 2.24) is 4.90 Å². The highest BCUT2D eigenvalue weighted by atomic mass is 35.5. The smallest absolute Gasteiger partial charge is 0.238 e. The number of hydrogen-bond acceptors (Lipinski definition) is 3. The van der Waals surface area contributed by atoms with Gasteiger partial charge in [-0.1, -0.05) is 11.6 Å². The van der Waals surface area contributed by atoms with E-state index >= 15 is 0 Å². The van der Waals surface area contributed by atoms with E-state index in [0.29, 0.717) is 11.6 Å². The van der Waals surface area contributed by atoms with Gasteiger partial charge in [0.15, 0.2) is 0 Å². The lowest BCUT2D eigenvalue weighted by Gasteiger charge is -2.15. The lowest BCUT2D eigenvalue weighted by Crippen LogP contribution is -2.33. The number of anilines is 1. The normalized spacial score (nSPS) is 19.0. The molecule has 0 radical (unpaired) electrons. The number of carbonyl (C=O) groups is 1. The standard InChI is InChI=1S/C13H18ClN3O.ClH/c1-9-6-10(14)2-3-12(9)16-13(18)8-17-5-4-11(15)7-17;/h2-3,6,11H,4-5,7-8,15H2,1H3,(H,16,18);1H/t11-;/m0./s1. The summed E-state index contributed by atoms with van der Waals surface area (Å²) in [5, 5.41) is 3.58. The maximum absolute atomic E-state index is 11.9. The molecule has 0 aliphatic carbocycles. The summed E-state index contributed by atoms with van der Waals surface area (Å²) in [5.74, 6) is -0.00507. The number of benzene rings is 1. The molecule has 1 atom stereocenters. The van der Waals surface area contributed by atoms with Gasteiger partial charge < -0.3 is 11.1 Å². The fourth-order valence-corrected chi connectivity index (χ4v) is 2.39. The minimum absolute atomic E-state index is 0. The van der Waals surface area contributed by atoms with Crippen molar-refractivity contribution >= 4 is 35.6 Å². The van der Waals surface area contributed by atoms with Crippen LogP contribution < -0.4 is 11.1 Å². The molecule has 4 nitrogen and oxygen atoms in total. The van der Waals surface area contributed by atoms with E-state index in [4.69, 9.17) is 17.3 Å². The van der Waals surface area contributed by atoms with Crippen LogP contribution in [0.25, 0.3) is 0 Å². The molecule has 0 aromatic heterocycles. The maximum atomic E-state index is 11.9. The molecule has 6 heteroatoms. The first kappa shape index (κ1) is 16.2. The Hall–Kier alpha value is -0.810. The first-order valence-corrected chi connectivity index (χ1v) is 6.46. The van der Waals surface area contributed by atoms with Crippen LogP contribution in [0.2, 0.25) is 5.02 Å². The van der Waals surface area contributed by atoms with Gasteiger partial charge in [-0.05, 0) is 37.1 Å². The van der Waals surface area contributed by atoms with E-state index < -0.39 is 0 Å². The number of nitrogens with one attached hydrogen (secondary N) is 1. The van der Waals surface area contributed by atoms with Gasteiger partial charge >= 0.3 is 0 Å². The number of aryl methyl sites for hydroxylation is 1. The van der Waals surface area contributed by atoms with Gasteiger partial charge in [-0.25, -0.2) is 0 Å². The highest BCUT2D eigenvalue weighted by Gasteiger charge is 2.21. The van der Waals surface area contributed by atoms with E-state index in [1.165, 1.54) is 0 Å². The summed E-state index contributed by atoms with van der Waals surface area (Å²) in [7, 11) is 0. The van der Waals surface area contributed by atoms with Crippen LogP contribution in [0.3, 0.4) is 0 Å². The molecule has 2 rings (SSSR count). The van der Waals surface area contributed by atoms with Crippen LogP contribution in [0, 0.1) is 6.92 Å². The van der Waals surface area contributed by atoms with E-state index in [1.807, 2.05) is 19.1 Å². The molecule has 1 aromatic carbocycles. The molecule has 19 heavy (non-hydrogen) atoms. The van der Waals surface area contributed by atoms with Gasteiger partial charge in [0.2, 0.25) is 5.91 Å². The van der Waals surface area contributed by atoms with Crippen LogP contribution in [0.4, 0.5) is 5.69 Å². The number of likely N-dealkylation sites (tertiary alicyclic amines) is 1. The molecule has 1 aliphatic rings. The van der Waals surface area contributed by atoms with Crippen molar-refractivity contribution in [3.05, 3.63) is 28.8 Å². The van der Waals surface area contributed by atoms with E-state index in [-0.39, 0.29) is 24.4 Å². The molecule has 1 aliphatic heterocycles. The first-order chi connectivity index (χ1) is 8.54. The Morgan fingerprint density at radius 3 is 2.89 bits per heavy atom. The minimum Gasteiger partial charge on any atom is -0.326 e. The Labute approximate surface area is 124 Å². The molecule has 1 amide bonds. The average Bonchev–Trinajstić information content (AvgIpc) is 2.68. The largest absolute Gasteiger partial charge is 0.326 e. The third-order valence-electron chi connectivity index (χ3n) is 3.14. The Morgan fingerprint density at radius 1 is 1.58 bits per heavy atom. The molecule has 0 spiro atoms. The number of hydrogen-bond donors (Lipinski definition) is 2. The monoisotopic (exact) mass is 303 g/mol. The predicted octanol–water partition coefficient (Wildman–Crippen LogP) is 2.04. The minimum atomic E-state index is -0.00507. The topological polar surface area (TPSA) is 58.4 Å². The second-order valence-electron chi connectivity index (χ2n) is 4.79. The van der Waals surface area contributed by atoms with Gasteiger partial charge in [0.25, 0.3) is 0 Å². The summed E-state index contributed by atoms with van der Waals surface area (Å²) < 4.78 is 0. The van der Waals surface area contributed by atoms with Crippen molar-refractivity contribution in [3.63, 3.8) is 0 Å². The zero-order chi connectivity index (χ0) is 13.1. The zero-order valence-electron chi connectivity index (χ0n) is 10.9. The summed E-state index contributed by atoms with van der Waals surface area (Å²) in [6, 6.07) is 5.64. The maximum Gasteiger partial charge on any atom is 0.238 e. The first-order valence-electron chi connectivity index (χ1n) is 6.08. The van der Waals surface area contributed by atoms with E-state index in [9.17, 15) is 4.79 Å². The molecular formula is C13H19Cl2N3O. The quantitative estimate of drug-likeness (QED) is 0.898. The Balaban J connectivity index is 0.00000180. The summed E-state index contributed by atoms with van der Waals surface area (Å²) in [6.45, 7) is 4.02. The van der Waals surface area contributed by atoms with E-state index in [2.05, 4.69) is 10.2 Å². The fraction of sp³-hybridized carbons (Fsp3) is 0.462. The average molecular weight is 304 g/mol. The summed E-state index contributed by atoms with van der Waals surface area (Å²) in [6.07, 6.45) is 0.966. The van der Waals surface area contributed by atoms with Gasteiger partial charge in [-0.15, -0.1) is 12.4 Å². The molecule has 1 fully saturated rings. The van der Waals surface area contributed by atoms with Crippen LogP contribution in [-0.4, -0.2) is 36.5 Å². The van der Waals surface area contributed by atoms with Crippen LogP contribution in [0.1, 0.15) is 12.0 Å². The Morgan fingerprint density at radius 2 is 2.32 bits per heavy atom. The van der Waals surface area contributed by atoms with Crippen LogP contribution in [0.5, 0.6) is 0 Å². The lowest BCUT2D eigenvalue weighted by molar-refractivity contribution is -0.117. The number of nitrogens with two attached hydrogens (primary N) is 1. The van der Waals surface area contributed by atoms with Crippen molar-refractivity contribution in [1.29, 1.82) is 0 Å². The third-order valence-corrected chi connectivity index (χ3v) is 3.37. The van der Waals surface area contributed by atoms with E-state index in [0.717, 1.165) is 30.8 Å². The molecule has 106 valence electrons. The van der Waals surface area contributed by atoms with Crippen molar-refractivity contribution in [2.75, 3.05) is 25.0 Å². The second-order valence-corrected chi connectivity index (χ2v) is 5.23. The molecule has 0 bridgehead atoms. The van der Waals surface area contributed by atoms with Crippen molar-refractivity contribution in [2.24, 2.45) is 5.73 Å². The van der Waals surface area contributed by atoms with Gasteiger partial charge in [-0.3, -0.25) is 9.69 Å². The number of rotatable bonds is 3. The van der Waals surface area contributed by atoms with Crippen molar-refractivity contribution in [3.8, 4) is 0 Å². The zero-order valence-corrected chi connectivity index (χ0v) is 12.4. The lowest BCUT2D eigenvalue weighted by atomic mass is 10.2. The summed E-state index contributed by atoms with van der Waals surface area (Å²) in [4.78, 5) is 14.0. The van der Waals surface area contributed by atoms with Crippen LogP contribution in [0.15, 0.2) is 18.2 Å². The van der Waals surface area contributed by atoms with E-state index in [1.54, 1.807) is 6.07 Å². The summed E-state index contributed by atoms with van der Waals surface area (Å²) in [5.41, 5.74) is 7.59. The highest BCUT2D eigenvalue weighted by Crippen LogP contribution is 2.19. The van der Waals surface area contributed by atoms with Crippen molar-refractivity contribution in [2.45, 2.75) is 19.4 Å². The summed E-state index contributed by atoms with van der Waals surface area (Å²) >= 11 is 5.87. The Bertz CT molecular complexity index is 454. The van der Waals surface area contributed by atoms with Crippen molar-refractivity contribution < 1.29 is 4.79 Å². The van der Waals surface area contributed by atoms with Crippen LogP contribution >= 0.6 is 24.0 Å². The molecule has 0 unspecified atom stereocenters. The highest BCUT2D eigenvalue weighted by molar-refractivity contribution is 6.30. The van der Waals surface area contributed by atoms with Gasteiger partial charge in [0, 0.05) is 29.8 Å². The molecule has 0 saturated carbocycles. The second kappa shape index (κ2) is 7.10. The fourth-order valence-electron chi connectivity index (χ4n) is 2.17. The van der Waals surface area contributed by atoms with Gasteiger partial charge in [0.1, 0.15) is 0 Å². The number of amides is 1. The Kier molecular flexibility index (Phi) is 6.07. The SMILES string of the molecule is Cc1cc(Cl)ccc1NC(=O)CN1CC[C@H](N)C1.Cl. The number of nitrogens with zero attached hydrogens (tertiary/aromatic N) is 1. The number of halogens is 2. The predicted molar refractivity (Wildman–Crippen MR) is 81.1 cm³/mol.